The summed E-state index contributed by atoms with van der Waals surface area (Å²) in [4.78, 5) is 14.5. The largest absolute Gasteiger partial charge is 0.512 e. The van der Waals surface area contributed by atoms with Crippen molar-refractivity contribution in [3.05, 3.63) is 102 Å². The third-order valence-corrected chi connectivity index (χ3v) is 4.33. The number of ketones is 1. The molecule has 0 bridgehead atoms. The number of aliphatic hydroxyl groups is 1. The van der Waals surface area contributed by atoms with Gasteiger partial charge in [0.2, 0.25) is 0 Å². The van der Waals surface area contributed by atoms with E-state index < -0.39 is 11.6 Å². The Morgan fingerprint density at radius 3 is 2.25 bits per heavy atom. The molecule has 1 heterocycles. The van der Waals surface area contributed by atoms with Gasteiger partial charge in [-0.1, -0.05) is 66.2 Å². The number of benzene rings is 3. The smallest absolute Gasteiger partial charge is 0.155 e. The summed E-state index contributed by atoms with van der Waals surface area (Å²) in [6, 6.07) is 24.0. The fraction of sp³-hybridized carbons (Fsp3) is 0.0769. The first-order valence-electron chi connectivity index (χ1n) is 9.55. The molecule has 165 valence electrons. The van der Waals surface area contributed by atoms with Crippen molar-refractivity contribution in [3.63, 3.8) is 0 Å². The van der Waals surface area contributed by atoms with E-state index in [2.05, 4.69) is 11.1 Å². The molecule has 0 unspecified atom stereocenters. The van der Waals surface area contributed by atoms with E-state index in [0.717, 1.165) is 34.2 Å². The van der Waals surface area contributed by atoms with Crippen LogP contribution in [0.2, 0.25) is 0 Å². The number of halogens is 2. The number of aliphatic hydroxyl groups excluding tert-OH is 1. The topological polar surface area (TPSA) is 50.2 Å². The van der Waals surface area contributed by atoms with Gasteiger partial charge in [-0.25, -0.2) is 0 Å². The summed E-state index contributed by atoms with van der Waals surface area (Å²) in [5.74, 6) is -1.38. The van der Waals surface area contributed by atoms with Crippen molar-refractivity contribution < 1.29 is 38.8 Å². The van der Waals surface area contributed by atoms with Gasteiger partial charge in [0.1, 0.15) is 0 Å². The number of pyridine rings is 1. The van der Waals surface area contributed by atoms with E-state index in [1.807, 2.05) is 60.7 Å². The minimum atomic E-state index is -0.670. The Balaban J connectivity index is 0.000000398. The van der Waals surface area contributed by atoms with E-state index in [-0.39, 0.29) is 37.2 Å². The van der Waals surface area contributed by atoms with Crippen LogP contribution in [0.1, 0.15) is 13.8 Å². The van der Waals surface area contributed by atoms with Crippen LogP contribution < -0.4 is 0 Å². The van der Waals surface area contributed by atoms with Gasteiger partial charge in [-0.3, -0.25) is 18.6 Å². The zero-order valence-electron chi connectivity index (χ0n) is 17.4. The van der Waals surface area contributed by atoms with Gasteiger partial charge in [0.25, 0.3) is 0 Å². The fourth-order valence-corrected chi connectivity index (χ4v) is 3.10. The molecule has 0 aliphatic heterocycles. The van der Waals surface area contributed by atoms with Crippen LogP contribution in [0.5, 0.6) is 0 Å². The van der Waals surface area contributed by atoms with Crippen LogP contribution in [-0.4, -0.2) is 15.9 Å². The van der Waals surface area contributed by atoms with Crippen LogP contribution in [0.25, 0.3) is 33.3 Å². The molecule has 3 nitrogen and oxygen atoms in total. The summed E-state index contributed by atoms with van der Waals surface area (Å²) in [7, 11) is 0. The summed E-state index contributed by atoms with van der Waals surface area (Å²) >= 11 is 0. The minimum Gasteiger partial charge on any atom is -0.512 e. The average Bonchev–Trinajstić information content (AvgIpc) is 2.73. The quantitative estimate of drug-likeness (QED) is 0.160. The van der Waals surface area contributed by atoms with Crippen LogP contribution >= 0.6 is 0 Å². The number of para-hydroxylation sites is 1. The number of rotatable bonds is 3. The van der Waals surface area contributed by atoms with Crippen LogP contribution in [0.4, 0.5) is 8.78 Å². The molecule has 0 aliphatic carbocycles. The van der Waals surface area contributed by atoms with Crippen molar-refractivity contribution in [1.29, 1.82) is 0 Å². The van der Waals surface area contributed by atoms with Gasteiger partial charge in [-0.05, 0) is 36.7 Å². The van der Waals surface area contributed by atoms with Crippen molar-refractivity contribution in [2.75, 3.05) is 0 Å². The molecule has 1 aromatic heterocycles. The Morgan fingerprint density at radius 2 is 1.66 bits per heavy atom. The Bertz CT molecular complexity index is 1250. The number of nitrogens with zero attached hydrogens (tertiary/aromatic N) is 1. The fourth-order valence-electron chi connectivity index (χ4n) is 3.10. The predicted molar refractivity (Wildman–Crippen MR) is 118 cm³/mol. The third-order valence-electron chi connectivity index (χ3n) is 4.33. The van der Waals surface area contributed by atoms with Crippen LogP contribution in [0.15, 0.2) is 84.6 Å². The Hall–Kier alpha value is -3.21. The molecular formula is C26H20F2IrNO2-. The van der Waals surface area contributed by atoms with Gasteiger partial charge in [-0.15, -0.1) is 12.1 Å². The van der Waals surface area contributed by atoms with Gasteiger partial charge >= 0.3 is 0 Å². The zero-order valence-corrected chi connectivity index (χ0v) is 19.8. The van der Waals surface area contributed by atoms with Gasteiger partial charge in [0.15, 0.2) is 5.78 Å². The molecule has 4 aromatic rings. The number of hydrogen-bond acceptors (Lipinski definition) is 3. The van der Waals surface area contributed by atoms with Crippen LogP contribution in [0.3, 0.4) is 0 Å². The van der Waals surface area contributed by atoms with E-state index in [1.54, 1.807) is 0 Å². The number of carbonyl (C=O) groups is 1. The summed E-state index contributed by atoms with van der Waals surface area (Å²) in [6.07, 6.45) is 1.17. The monoisotopic (exact) mass is 609 g/mol. The van der Waals surface area contributed by atoms with Crippen molar-refractivity contribution in [1.82, 2.24) is 4.98 Å². The molecule has 4 rings (SSSR count). The summed E-state index contributed by atoms with van der Waals surface area (Å²) in [6.45, 7) is 2.85. The van der Waals surface area contributed by atoms with Crippen molar-refractivity contribution >= 4 is 16.7 Å². The number of hydrogen-bond donors (Lipinski definition) is 1. The summed E-state index contributed by atoms with van der Waals surface area (Å²) in [5.41, 5.74) is 3.32. The summed E-state index contributed by atoms with van der Waals surface area (Å²) in [5, 5.41) is 9.34. The van der Waals surface area contributed by atoms with Gasteiger partial charge in [0, 0.05) is 43.2 Å². The van der Waals surface area contributed by atoms with Crippen molar-refractivity contribution in [2.24, 2.45) is 0 Å². The van der Waals surface area contributed by atoms with Crippen molar-refractivity contribution in [3.8, 4) is 22.4 Å². The molecular weight excluding hydrogens is 589 g/mol. The van der Waals surface area contributed by atoms with E-state index in [0.29, 0.717) is 5.69 Å². The molecule has 0 amide bonds. The summed E-state index contributed by atoms with van der Waals surface area (Å²) < 4.78 is 27.3. The van der Waals surface area contributed by atoms with Crippen molar-refractivity contribution in [2.45, 2.75) is 13.8 Å². The minimum absolute atomic E-state index is 0. The maximum atomic E-state index is 14.2. The second kappa shape index (κ2) is 11.4. The van der Waals surface area contributed by atoms with Gasteiger partial charge in [0.05, 0.1) is 11.3 Å². The first-order chi connectivity index (χ1) is 14.8. The maximum Gasteiger partial charge on any atom is 0.155 e. The van der Waals surface area contributed by atoms with Crippen LogP contribution in [0, 0.1) is 17.7 Å². The van der Waals surface area contributed by atoms with Gasteiger partial charge in [-0.2, -0.15) is 0 Å². The number of aromatic nitrogens is 1. The molecule has 0 aliphatic rings. The maximum absolute atomic E-state index is 14.2. The molecule has 1 radical (unpaired) electrons. The third kappa shape index (κ3) is 6.39. The number of allylic oxidation sites excluding steroid dienone is 2. The molecule has 0 atom stereocenters. The van der Waals surface area contributed by atoms with E-state index in [9.17, 15) is 13.6 Å². The van der Waals surface area contributed by atoms with E-state index >= 15 is 0 Å². The van der Waals surface area contributed by atoms with Crippen LogP contribution in [-0.2, 0) is 24.9 Å². The average molecular weight is 609 g/mol. The van der Waals surface area contributed by atoms with E-state index in [1.165, 1.54) is 19.9 Å². The Labute approximate surface area is 198 Å². The SMILES string of the molecule is CC(=O)/C=C(/C)O.Fc1c[c-]c(-c2cc(-c3ccccc3)c3ccccc3n2)c(F)c1.[Ir]. The molecule has 32 heavy (non-hydrogen) atoms. The molecule has 0 spiro atoms. The molecule has 0 fully saturated rings. The first kappa shape index (κ1) is 25.1. The first-order valence-corrected chi connectivity index (χ1v) is 9.55. The molecule has 3 aromatic carbocycles. The number of fused-ring (bicyclic) bond motifs is 1. The second-order valence-electron chi connectivity index (χ2n) is 6.88. The Kier molecular flexibility index (Phi) is 8.94. The number of carbonyl (C=O) groups excluding carboxylic acids is 1. The predicted octanol–water partition coefficient (Wildman–Crippen LogP) is 6.68. The zero-order chi connectivity index (χ0) is 22.4. The second-order valence-corrected chi connectivity index (χ2v) is 6.88. The molecule has 0 saturated heterocycles. The standard InChI is InChI=1S/C21H12F2N.C5H8O2.Ir/c22-15-10-11-17(19(23)12-15)21-13-18(14-6-2-1-3-7-14)16-8-4-5-9-20(16)24-21;1-4(6)3-5(2)7;/h1-10,12-13H;3,6H,1-2H3;/q-1;;/b;4-3-;. The molecule has 6 heteroatoms. The van der Waals surface area contributed by atoms with E-state index in [4.69, 9.17) is 5.11 Å². The molecule has 0 saturated carbocycles. The Morgan fingerprint density at radius 1 is 1.00 bits per heavy atom. The normalized spacial score (nSPS) is 10.7. The van der Waals surface area contributed by atoms with Gasteiger partial charge < -0.3 is 5.11 Å². The molecule has 1 N–H and O–H groups in total.